The van der Waals surface area contributed by atoms with Crippen molar-refractivity contribution in [2.24, 2.45) is 3.42 Å². The van der Waals surface area contributed by atoms with Gasteiger partial charge in [0, 0.05) is 12.4 Å². The van der Waals surface area contributed by atoms with Crippen molar-refractivity contribution < 1.29 is 20.3 Å². The summed E-state index contributed by atoms with van der Waals surface area (Å²) in [5, 5.41) is 0. The Labute approximate surface area is 194 Å². The molecule has 4 rings (SSSR count). The fraction of sp³-hybridized carbons (Fsp3) is 0.154. The maximum absolute atomic E-state index is 7.44. The zero-order valence-electron chi connectivity index (χ0n) is 18.1. The van der Waals surface area contributed by atoms with Gasteiger partial charge in [-0.25, -0.2) is 0 Å². The second-order valence-electron chi connectivity index (χ2n) is 6.61. The minimum Gasteiger partial charge on any atom is -0.265 e. The van der Waals surface area contributed by atoms with E-state index in [1.165, 1.54) is 11.1 Å². The number of aromatic nitrogens is 1. The molecule has 1 aliphatic rings. The van der Waals surface area contributed by atoms with Gasteiger partial charge in [0.25, 0.3) is 0 Å². The molecule has 0 spiro atoms. The molecule has 0 bridgehead atoms. The molecule has 0 saturated heterocycles. The third-order valence-electron chi connectivity index (χ3n) is 4.15. The van der Waals surface area contributed by atoms with Gasteiger partial charge in [0.2, 0.25) is 0 Å². The molecule has 1 saturated carbocycles. The molecule has 2 aromatic carbocycles. The summed E-state index contributed by atoms with van der Waals surface area (Å²) in [4.78, 5) is 3.78. The van der Waals surface area contributed by atoms with Gasteiger partial charge in [0.05, 0.1) is 0 Å². The number of nitrogens with zero attached hydrogens (tertiary/aromatic N) is 2. The van der Waals surface area contributed by atoms with Crippen LogP contribution in [0.25, 0.3) is 5.73 Å². The maximum Gasteiger partial charge on any atom is 0.0267 e. The Hall–Kier alpha value is -2.10. The van der Waals surface area contributed by atoms with Crippen LogP contribution in [-0.2, 0) is 20.3 Å². The Kier molecular flexibility index (Phi) is 13.6. The fourth-order valence-corrected chi connectivity index (χ4v) is 2.98. The number of rotatable bonds is 1. The van der Waals surface area contributed by atoms with E-state index in [1.54, 1.807) is 12.4 Å². The van der Waals surface area contributed by atoms with E-state index in [2.05, 4.69) is 40.4 Å². The van der Waals surface area contributed by atoms with Crippen molar-refractivity contribution in [2.45, 2.75) is 27.7 Å². The van der Waals surface area contributed by atoms with Crippen LogP contribution in [0.15, 0.2) is 70.4 Å². The Morgan fingerprint density at radius 2 is 1.03 bits per heavy atom. The van der Waals surface area contributed by atoms with Crippen LogP contribution >= 0.6 is 0 Å². The number of hydrogen-bond donors (Lipinski definition) is 0. The molecule has 1 fully saturated rings. The van der Waals surface area contributed by atoms with Gasteiger partial charge >= 0.3 is 72.5 Å². The number of pyridine rings is 1. The third-order valence-corrected chi connectivity index (χ3v) is 4.50. The van der Waals surface area contributed by atoms with Crippen molar-refractivity contribution in [3.63, 3.8) is 0 Å². The predicted octanol–water partition coefficient (Wildman–Crippen LogP) is 7.76. The van der Waals surface area contributed by atoms with E-state index in [0.29, 0.717) is 5.69 Å². The normalized spacial score (nSPS) is 11.7. The van der Waals surface area contributed by atoms with Crippen molar-refractivity contribution >= 4 is 11.4 Å². The topological polar surface area (TPSA) is 49.0 Å². The van der Waals surface area contributed by atoms with E-state index in [-0.39, 0.29) is 0 Å². The van der Waals surface area contributed by atoms with Gasteiger partial charge in [-0.2, -0.15) is 0 Å². The molecule has 3 nitrogen and oxygen atoms in total. The standard InChI is InChI=1S/C8H10N.C8H9N.C5H5N.C5H5.Ti/c2*1-6-4-3-5-7(2)8(6)9;1-2-4-6-5-3-1;1-2-4-5-3-1;/h3-5,9H,1-2H3;3-5H,1-2H3;1-5H;1-5H;/q-1;;;;+2. The summed E-state index contributed by atoms with van der Waals surface area (Å²) in [5.74, 6) is 0. The van der Waals surface area contributed by atoms with Gasteiger partial charge in [-0.3, -0.25) is 4.98 Å². The summed E-state index contributed by atoms with van der Waals surface area (Å²) in [6.45, 7) is 8.06. The quantitative estimate of drug-likeness (QED) is 0.363. The first-order valence-corrected chi connectivity index (χ1v) is 10.4. The number of benzene rings is 2. The van der Waals surface area contributed by atoms with Crippen LogP contribution < -0.4 is 0 Å². The SMILES string of the molecule is Cc1cccc(C)c1[NH-].Cc1cccc(C)c1[N]=[Ti+2].[CH]1[CH][CH][CH][CH]1.c1ccncc1. The molecule has 1 heterocycles. The average Bonchev–Trinajstić information content (AvgIpc) is 3.35. The van der Waals surface area contributed by atoms with Gasteiger partial charge in [-0.1, -0.05) is 35.4 Å². The number of aryl methyl sites for hydroxylation is 4. The van der Waals surface area contributed by atoms with Crippen LogP contribution in [0.4, 0.5) is 11.4 Å². The molecule has 3 aromatic rings. The van der Waals surface area contributed by atoms with Crippen LogP contribution in [0.1, 0.15) is 22.3 Å². The van der Waals surface area contributed by atoms with Gasteiger partial charge < -0.3 is 5.73 Å². The molecule has 4 heteroatoms. The van der Waals surface area contributed by atoms with E-state index in [1.807, 2.05) is 103 Å². The third kappa shape index (κ3) is 10.6. The van der Waals surface area contributed by atoms with Gasteiger partial charge in [0.15, 0.2) is 0 Å². The molecule has 1 aliphatic carbocycles. The first kappa shape index (κ1) is 25.9. The minimum absolute atomic E-state index is 0.664. The summed E-state index contributed by atoms with van der Waals surface area (Å²) in [5.41, 5.74) is 13.8. The Morgan fingerprint density at radius 3 is 1.27 bits per heavy atom. The molecule has 0 unspecified atom stereocenters. The number of nitrogens with one attached hydrogen (secondary N) is 1. The zero-order valence-corrected chi connectivity index (χ0v) is 19.7. The van der Waals surface area contributed by atoms with Crippen LogP contribution in [0.3, 0.4) is 0 Å². The van der Waals surface area contributed by atoms with E-state index < -0.39 is 0 Å². The molecule has 151 valence electrons. The Balaban J connectivity index is 0.000000207. The van der Waals surface area contributed by atoms with Gasteiger partial charge in [-0.15, -0.1) is 5.69 Å². The second kappa shape index (κ2) is 15.7. The van der Waals surface area contributed by atoms with Crippen molar-refractivity contribution in [2.75, 3.05) is 0 Å². The second-order valence-corrected chi connectivity index (χ2v) is 6.96. The Bertz CT molecular complexity index is 785. The first-order chi connectivity index (χ1) is 14.5. The van der Waals surface area contributed by atoms with Crippen molar-refractivity contribution in [1.29, 1.82) is 0 Å². The molecule has 0 aliphatic heterocycles. The summed E-state index contributed by atoms with van der Waals surface area (Å²) in [6, 6.07) is 17.8. The molecule has 1 aromatic heterocycles. The molecule has 0 amide bonds. The first-order valence-electron chi connectivity index (χ1n) is 9.70. The maximum atomic E-state index is 7.44. The number of hydrogen-bond acceptors (Lipinski definition) is 2. The summed E-state index contributed by atoms with van der Waals surface area (Å²) in [6.07, 6.45) is 13.5. The van der Waals surface area contributed by atoms with Crippen LogP contribution in [0.5, 0.6) is 0 Å². The molecule has 30 heavy (non-hydrogen) atoms. The fourth-order valence-electron chi connectivity index (χ4n) is 2.43. The predicted molar refractivity (Wildman–Crippen MR) is 124 cm³/mol. The monoisotopic (exact) mass is 431 g/mol. The molecule has 1 N–H and O–H groups in total. The van der Waals surface area contributed by atoms with Gasteiger partial charge in [-0.05, 0) is 58.1 Å². The molecule has 5 radical (unpaired) electrons. The van der Waals surface area contributed by atoms with E-state index >= 15 is 0 Å². The Morgan fingerprint density at radius 1 is 0.633 bits per heavy atom. The average molecular weight is 431 g/mol. The smallest absolute Gasteiger partial charge is 0.0267 e. The minimum atomic E-state index is 0.664. The van der Waals surface area contributed by atoms with E-state index in [4.69, 9.17) is 5.73 Å². The summed E-state index contributed by atoms with van der Waals surface area (Å²) in [7, 11) is 0. The zero-order chi connectivity index (χ0) is 22.2. The largest absolute Gasteiger partial charge is 0.265 e. The summed E-state index contributed by atoms with van der Waals surface area (Å²) < 4.78 is 4.17. The molecule has 0 atom stereocenters. The van der Waals surface area contributed by atoms with Gasteiger partial charge in [0.1, 0.15) is 0 Å². The molecular formula is C26H29N3Ti+. The van der Waals surface area contributed by atoms with Crippen LogP contribution in [-0.4, -0.2) is 4.98 Å². The van der Waals surface area contributed by atoms with E-state index in [9.17, 15) is 0 Å². The van der Waals surface area contributed by atoms with Crippen LogP contribution in [0.2, 0.25) is 0 Å². The summed E-state index contributed by atoms with van der Waals surface area (Å²) >= 11 is 1.83. The van der Waals surface area contributed by atoms with Crippen LogP contribution in [0, 0.1) is 59.8 Å². The van der Waals surface area contributed by atoms with Crippen molar-refractivity contribution in [3.05, 3.63) is 127 Å². The van der Waals surface area contributed by atoms with E-state index in [0.717, 1.165) is 16.8 Å². The molecular weight excluding hydrogens is 402 g/mol. The van der Waals surface area contributed by atoms with Crippen molar-refractivity contribution in [3.8, 4) is 0 Å². The van der Waals surface area contributed by atoms with Crippen molar-refractivity contribution in [1.82, 2.24) is 4.98 Å².